The highest BCUT2D eigenvalue weighted by molar-refractivity contribution is 7.13. The number of aromatic nitrogens is 1. The van der Waals surface area contributed by atoms with Crippen LogP contribution in [0.4, 0.5) is 5.82 Å². The molecule has 14 heavy (non-hydrogen) atoms. The van der Waals surface area contributed by atoms with Crippen molar-refractivity contribution in [3.63, 3.8) is 0 Å². The maximum Gasteiger partial charge on any atom is 0.135 e. The highest BCUT2D eigenvalue weighted by Gasteiger charge is 1.99. The van der Waals surface area contributed by atoms with Crippen LogP contribution >= 0.6 is 36.2 Å². The van der Waals surface area contributed by atoms with Crippen molar-refractivity contribution >= 4 is 42.0 Å². The zero-order chi connectivity index (χ0) is 8.39. The maximum absolute atomic E-state index is 5.52. The number of hydrogen-bond donors (Lipinski definition) is 1. The minimum Gasteiger partial charge on any atom is -0.383 e. The van der Waals surface area contributed by atoms with Crippen LogP contribution < -0.4 is 5.73 Å². The van der Waals surface area contributed by atoms with Crippen LogP contribution in [0.5, 0.6) is 0 Å². The van der Waals surface area contributed by atoms with Crippen molar-refractivity contribution in [3.8, 4) is 10.6 Å². The minimum atomic E-state index is 0. The molecule has 1 aromatic heterocycles. The molecule has 0 spiro atoms. The normalized spacial score (nSPS) is 8.57. The molecule has 2 N–H and O–H groups in total. The zero-order valence-corrected chi connectivity index (χ0v) is 9.66. The van der Waals surface area contributed by atoms with Gasteiger partial charge in [0.05, 0.1) is 0 Å². The van der Waals surface area contributed by atoms with E-state index in [1.54, 1.807) is 11.3 Å². The lowest BCUT2D eigenvalue weighted by atomic mass is 10.2. The highest BCUT2D eigenvalue weighted by atomic mass is 35.5. The van der Waals surface area contributed by atoms with E-state index in [2.05, 4.69) is 4.98 Å². The molecule has 0 saturated heterocycles. The van der Waals surface area contributed by atoms with E-state index in [1.807, 2.05) is 35.7 Å². The Bertz CT molecular complexity index is 375. The van der Waals surface area contributed by atoms with E-state index in [-0.39, 0.29) is 24.8 Å². The molecule has 0 aliphatic rings. The van der Waals surface area contributed by atoms with Gasteiger partial charge in [-0.15, -0.1) is 36.2 Å². The van der Waals surface area contributed by atoms with E-state index in [0.29, 0.717) is 5.82 Å². The topological polar surface area (TPSA) is 38.9 Å². The van der Waals surface area contributed by atoms with E-state index in [1.165, 1.54) is 0 Å². The van der Waals surface area contributed by atoms with Crippen molar-refractivity contribution < 1.29 is 0 Å². The first-order valence-electron chi connectivity index (χ1n) is 3.63. The molecule has 0 radical (unpaired) electrons. The second-order valence-corrected chi connectivity index (χ2v) is 3.30. The molecule has 0 atom stereocenters. The van der Waals surface area contributed by atoms with Crippen molar-refractivity contribution in [1.82, 2.24) is 4.98 Å². The van der Waals surface area contributed by atoms with Crippen molar-refractivity contribution in [1.29, 1.82) is 0 Å². The molecule has 0 saturated carbocycles. The number of hydrogen-bond acceptors (Lipinski definition) is 3. The van der Waals surface area contributed by atoms with Gasteiger partial charge in [0, 0.05) is 10.9 Å². The third-order valence-corrected chi connectivity index (χ3v) is 2.45. The molecule has 2 rings (SSSR count). The first kappa shape index (κ1) is 13.2. The van der Waals surface area contributed by atoms with Gasteiger partial charge in [-0.3, -0.25) is 0 Å². The number of benzene rings is 1. The van der Waals surface area contributed by atoms with Gasteiger partial charge in [0.2, 0.25) is 0 Å². The summed E-state index contributed by atoms with van der Waals surface area (Å²) >= 11 is 1.57. The monoisotopic (exact) mass is 248 g/mol. The minimum absolute atomic E-state index is 0. The van der Waals surface area contributed by atoms with Crippen molar-refractivity contribution in [2.24, 2.45) is 0 Å². The van der Waals surface area contributed by atoms with Gasteiger partial charge in [-0.25, -0.2) is 4.98 Å². The van der Waals surface area contributed by atoms with Crippen LogP contribution in [-0.2, 0) is 0 Å². The number of rotatable bonds is 1. The lowest BCUT2D eigenvalue weighted by molar-refractivity contribution is 1.42. The summed E-state index contributed by atoms with van der Waals surface area (Å²) < 4.78 is 0. The summed E-state index contributed by atoms with van der Waals surface area (Å²) in [5, 5.41) is 2.83. The number of nitrogens with zero attached hydrogens (tertiary/aromatic N) is 1. The Morgan fingerprint density at radius 1 is 1.07 bits per heavy atom. The van der Waals surface area contributed by atoms with Crippen LogP contribution in [0.2, 0.25) is 0 Å². The molecule has 1 heterocycles. The SMILES string of the molecule is Cl.Cl.Nc1csc(-c2ccccc2)n1. The Balaban J connectivity index is 0.000000845. The van der Waals surface area contributed by atoms with E-state index < -0.39 is 0 Å². The summed E-state index contributed by atoms with van der Waals surface area (Å²) in [7, 11) is 0. The first-order valence-corrected chi connectivity index (χ1v) is 4.50. The lowest BCUT2D eigenvalue weighted by Gasteiger charge is -1.92. The molecule has 0 fully saturated rings. The third-order valence-electron chi connectivity index (χ3n) is 1.54. The second-order valence-electron chi connectivity index (χ2n) is 2.44. The van der Waals surface area contributed by atoms with Gasteiger partial charge >= 0.3 is 0 Å². The molecule has 0 amide bonds. The standard InChI is InChI=1S/C9H8N2S.2ClH/c10-8-6-12-9(11-8)7-4-2-1-3-5-7;;/h1-6H,10H2;2*1H. The summed E-state index contributed by atoms with van der Waals surface area (Å²) in [5.41, 5.74) is 6.64. The van der Waals surface area contributed by atoms with Gasteiger partial charge in [-0.1, -0.05) is 30.3 Å². The Hall–Kier alpha value is -0.770. The molecule has 2 aromatic rings. The molecule has 0 aliphatic carbocycles. The van der Waals surface area contributed by atoms with E-state index >= 15 is 0 Å². The van der Waals surface area contributed by atoms with Crippen LogP contribution in [0.3, 0.4) is 0 Å². The lowest BCUT2D eigenvalue weighted by Crippen LogP contribution is -1.82. The number of anilines is 1. The summed E-state index contributed by atoms with van der Waals surface area (Å²) in [6, 6.07) is 10.0. The second kappa shape index (κ2) is 5.86. The van der Waals surface area contributed by atoms with Gasteiger partial charge in [-0.2, -0.15) is 0 Å². The highest BCUT2D eigenvalue weighted by Crippen LogP contribution is 2.23. The van der Waals surface area contributed by atoms with E-state index in [4.69, 9.17) is 5.73 Å². The smallest absolute Gasteiger partial charge is 0.135 e. The Kier molecular flexibility index (Phi) is 5.53. The summed E-state index contributed by atoms with van der Waals surface area (Å²) in [4.78, 5) is 4.18. The number of nitrogens with two attached hydrogens (primary N) is 1. The van der Waals surface area contributed by atoms with Gasteiger partial charge in [0.15, 0.2) is 0 Å². The molecular weight excluding hydrogens is 239 g/mol. The van der Waals surface area contributed by atoms with Crippen LogP contribution in [0.1, 0.15) is 0 Å². The van der Waals surface area contributed by atoms with Crippen LogP contribution in [-0.4, -0.2) is 4.98 Å². The fourth-order valence-corrected chi connectivity index (χ4v) is 1.71. The van der Waals surface area contributed by atoms with E-state index in [9.17, 15) is 0 Å². The van der Waals surface area contributed by atoms with Crippen molar-refractivity contribution in [3.05, 3.63) is 35.7 Å². The largest absolute Gasteiger partial charge is 0.383 e. The third kappa shape index (κ3) is 2.87. The summed E-state index contributed by atoms with van der Waals surface area (Å²) in [6.07, 6.45) is 0. The molecule has 76 valence electrons. The van der Waals surface area contributed by atoms with Gasteiger partial charge in [-0.05, 0) is 0 Å². The average molecular weight is 249 g/mol. The Labute approximate surface area is 99.0 Å². The predicted octanol–water partition coefficient (Wildman–Crippen LogP) is 3.24. The summed E-state index contributed by atoms with van der Waals surface area (Å²) in [6.45, 7) is 0. The molecule has 1 aromatic carbocycles. The predicted molar refractivity (Wildman–Crippen MR) is 66.5 cm³/mol. The Morgan fingerprint density at radius 3 is 2.21 bits per heavy atom. The molecule has 0 aliphatic heterocycles. The fourth-order valence-electron chi connectivity index (χ4n) is 0.999. The fraction of sp³-hybridized carbons (Fsp3) is 0. The van der Waals surface area contributed by atoms with E-state index in [0.717, 1.165) is 10.6 Å². The van der Waals surface area contributed by atoms with Crippen molar-refractivity contribution in [2.75, 3.05) is 5.73 Å². The van der Waals surface area contributed by atoms with Crippen molar-refractivity contribution in [2.45, 2.75) is 0 Å². The van der Waals surface area contributed by atoms with Gasteiger partial charge in [0.25, 0.3) is 0 Å². The van der Waals surface area contributed by atoms with Gasteiger partial charge in [0.1, 0.15) is 10.8 Å². The Morgan fingerprint density at radius 2 is 1.71 bits per heavy atom. The number of nitrogen functional groups attached to an aromatic ring is 1. The number of thiazole rings is 1. The molecule has 0 unspecified atom stereocenters. The quantitative estimate of drug-likeness (QED) is 0.842. The van der Waals surface area contributed by atoms with Crippen LogP contribution in [0, 0.1) is 0 Å². The van der Waals surface area contributed by atoms with Crippen LogP contribution in [0.15, 0.2) is 35.7 Å². The first-order chi connectivity index (χ1) is 5.86. The van der Waals surface area contributed by atoms with Gasteiger partial charge < -0.3 is 5.73 Å². The zero-order valence-electron chi connectivity index (χ0n) is 7.21. The molecule has 5 heteroatoms. The summed E-state index contributed by atoms with van der Waals surface area (Å²) in [5.74, 6) is 0.596. The average Bonchev–Trinajstić information content (AvgIpc) is 2.54. The number of halogens is 2. The molecular formula is C9H10Cl2N2S. The maximum atomic E-state index is 5.52. The molecule has 2 nitrogen and oxygen atoms in total. The van der Waals surface area contributed by atoms with Crippen LogP contribution in [0.25, 0.3) is 10.6 Å². The molecule has 0 bridgehead atoms.